The third kappa shape index (κ3) is 4.44. The van der Waals surface area contributed by atoms with E-state index in [1.165, 1.54) is 0 Å². The third-order valence-corrected chi connectivity index (χ3v) is 5.03. The Balaban J connectivity index is 1.58. The molecule has 1 atom stereocenters. The summed E-state index contributed by atoms with van der Waals surface area (Å²) >= 11 is 0. The summed E-state index contributed by atoms with van der Waals surface area (Å²) < 4.78 is 7.02. The summed E-state index contributed by atoms with van der Waals surface area (Å²) in [6.45, 7) is 5.66. The minimum absolute atomic E-state index is 0.0628. The number of piperazine rings is 1. The summed E-state index contributed by atoms with van der Waals surface area (Å²) in [6, 6.07) is 9.34. The summed E-state index contributed by atoms with van der Waals surface area (Å²) in [6.07, 6.45) is 2.57. The fraction of sp³-hybridized carbons (Fsp3) is 0.450. The van der Waals surface area contributed by atoms with Gasteiger partial charge in [0, 0.05) is 25.7 Å². The van der Waals surface area contributed by atoms with Crippen LogP contribution < -0.4 is 10.1 Å². The SMILES string of the molecule is CC[C@@H](C)n1nccc1NC(=O)N1CCN(Cc2cccc(OC)c2)C(=O)C1. The molecule has 1 aromatic heterocycles. The van der Waals surface area contributed by atoms with Crippen molar-refractivity contribution < 1.29 is 14.3 Å². The number of rotatable bonds is 6. The van der Waals surface area contributed by atoms with Crippen LogP contribution in [-0.4, -0.2) is 58.3 Å². The minimum Gasteiger partial charge on any atom is -0.497 e. The van der Waals surface area contributed by atoms with E-state index in [-0.39, 0.29) is 24.5 Å². The van der Waals surface area contributed by atoms with E-state index >= 15 is 0 Å². The Morgan fingerprint density at radius 1 is 1.32 bits per heavy atom. The average Bonchev–Trinajstić information content (AvgIpc) is 3.17. The number of nitrogens with zero attached hydrogens (tertiary/aromatic N) is 4. The fourth-order valence-corrected chi connectivity index (χ4v) is 3.17. The number of benzene rings is 1. The maximum atomic E-state index is 12.6. The maximum Gasteiger partial charge on any atom is 0.323 e. The molecule has 0 bridgehead atoms. The second kappa shape index (κ2) is 8.77. The standard InChI is InChI=1S/C20H27N5O3/c1-4-15(2)25-18(8-9-21-25)22-20(27)24-11-10-23(19(26)14-24)13-16-6-5-7-17(12-16)28-3/h5-9,12,15H,4,10-11,13-14H2,1-3H3,(H,22,27)/t15-/m1/s1. The van der Waals surface area contributed by atoms with Crippen molar-refractivity contribution in [2.45, 2.75) is 32.9 Å². The molecule has 0 spiro atoms. The second-order valence-electron chi connectivity index (χ2n) is 6.94. The number of urea groups is 1. The zero-order valence-corrected chi connectivity index (χ0v) is 16.6. The lowest BCUT2D eigenvalue weighted by atomic mass is 10.2. The number of methoxy groups -OCH3 is 1. The van der Waals surface area contributed by atoms with Gasteiger partial charge in [0.25, 0.3) is 0 Å². The number of aromatic nitrogens is 2. The van der Waals surface area contributed by atoms with Crippen molar-refractivity contribution in [2.75, 3.05) is 32.1 Å². The van der Waals surface area contributed by atoms with Crippen LogP contribution in [0.4, 0.5) is 10.6 Å². The largest absolute Gasteiger partial charge is 0.497 e. The highest BCUT2D eigenvalue weighted by Gasteiger charge is 2.27. The normalized spacial score (nSPS) is 15.5. The molecule has 0 aliphatic carbocycles. The highest BCUT2D eigenvalue weighted by Crippen LogP contribution is 2.18. The molecule has 1 fully saturated rings. The van der Waals surface area contributed by atoms with Crippen LogP contribution in [0.2, 0.25) is 0 Å². The van der Waals surface area contributed by atoms with Crippen LogP contribution in [0.15, 0.2) is 36.5 Å². The molecule has 2 heterocycles. The minimum atomic E-state index is -0.278. The quantitative estimate of drug-likeness (QED) is 0.829. The number of carbonyl (C=O) groups is 2. The molecule has 0 saturated carbocycles. The number of hydrogen-bond acceptors (Lipinski definition) is 4. The molecule has 0 radical (unpaired) electrons. The predicted molar refractivity (Wildman–Crippen MR) is 106 cm³/mol. The van der Waals surface area contributed by atoms with Gasteiger partial charge in [0.1, 0.15) is 18.1 Å². The number of anilines is 1. The monoisotopic (exact) mass is 385 g/mol. The molecular weight excluding hydrogens is 358 g/mol. The predicted octanol–water partition coefficient (Wildman–Crippen LogP) is 2.74. The van der Waals surface area contributed by atoms with Crippen molar-refractivity contribution in [1.82, 2.24) is 19.6 Å². The highest BCUT2D eigenvalue weighted by atomic mass is 16.5. The molecule has 150 valence electrons. The van der Waals surface area contributed by atoms with Gasteiger partial charge in [-0.25, -0.2) is 9.48 Å². The molecule has 3 rings (SSSR count). The topological polar surface area (TPSA) is 79.7 Å². The van der Waals surface area contributed by atoms with E-state index in [4.69, 9.17) is 4.74 Å². The molecule has 8 heteroatoms. The summed E-state index contributed by atoms with van der Waals surface area (Å²) in [5.74, 6) is 1.34. The molecular formula is C20H27N5O3. The van der Waals surface area contributed by atoms with E-state index in [0.29, 0.717) is 25.5 Å². The molecule has 3 amide bonds. The van der Waals surface area contributed by atoms with Crippen molar-refractivity contribution in [1.29, 1.82) is 0 Å². The van der Waals surface area contributed by atoms with Gasteiger partial charge in [-0.1, -0.05) is 19.1 Å². The van der Waals surface area contributed by atoms with Gasteiger partial charge in [-0.3, -0.25) is 10.1 Å². The molecule has 1 aliphatic heterocycles. The van der Waals surface area contributed by atoms with Gasteiger partial charge < -0.3 is 14.5 Å². The van der Waals surface area contributed by atoms with Crippen molar-refractivity contribution in [3.05, 3.63) is 42.1 Å². The fourth-order valence-electron chi connectivity index (χ4n) is 3.17. The molecule has 28 heavy (non-hydrogen) atoms. The molecule has 0 unspecified atom stereocenters. The number of carbonyl (C=O) groups excluding carboxylic acids is 2. The average molecular weight is 385 g/mol. The first-order valence-electron chi connectivity index (χ1n) is 9.52. The third-order valence-electron chi connectivity index (χ3n) is 5.03. The summed E-state index contributed by atoms with van der Waals surface area (Å²) in [4.78, 5) is 28.5. The molecule has 1 aromatic carbocycles. The number of ether oxygens (including phenoxy) is 1. The van der Waals surface area contributed by atoms with Crippen molar-refractivity contribution in [3.63, 3.8) is 0 Å². The van der Waals surface area contributed by atoms with Crippen LogP contribution >= 0.6 is 0 Å². The Labute approximate surface area is 165 Å². The van der Waals surface area contributed by atoms with Crippen molar-refractivity contribution in [2.24, 2.45) is 0 Å². The zero-order valence-electron chi connectivity index (χ0n) is 16.6. The van der Waals surface area contributed by atoms with E-state index in [2.05, 4.69) is 17.3 Å². The Kier molecular flexibility index (Phi) is 6.18. The summed E-state index contributed by atoms with van der Waals surface area (Å²) in [5.41, 5.74) is 1.00. The van der Waals surface area contributed by atoms with Gasteiger partial charge >= 0.3 is 6.03 Å². The van der Waals surface area contributed by atoms with Crippen LogP contribution in [0, 0.1) is 0 Å². The van der Waals surface area contributed by atoms with Crippen molar-refractivity contribution >= 4 is 17.8 Å². The molecule has 1 aliphatic rings. The first-order chi connectivity index (χ1) is 13.5. The molecule has 1 N–H and O–H groups in total. The van der Waals surface area contributed by atoms with Crippen LogP contribution in [0.3, 0.4) is 0 Å². The van der Waals surface area contributed by atoms with Gasteiger partial charge in [0.15, 0.2) is 0 Å². The van der Waals surface area contributed by atoms with E-state index in [9.17, 15) is 9.59 Å². The number of hydrogen-bond donors (Lipinski definition) is 1. The molecule has 2 aromatic rings. The van der Waals surface area contributed by atoms with Crippen molar-refractivity contribution in [3.8, 4) is 5.75 Å². The highest BCUT2D eigenvalue weighted by molar-refractivity contribution is 5.92. The number of amides is 3. The maximum absolute atomic E-state index is 12.6. The summed E-state index contributed by atoms with van der Waals surface area (Å²) in [7, 11) is 1.62. The Bertz CT molecular complexity index is 835. The van der Waals surface area contributed by atoms with Gasteiger partial charge in [-0.05, 0) is 31.0 Å². The lowest BCUT2D eigenvalue weighted by molar-refractivity contribution is -0.135. The first-order valence-corrected chi connectivity index (χ1v) is 9.52. The van der Waals surface area contributed by atoms with Gasteiger partial charge in [0.2, 0.25) is 5.91 Å². The van der Waals surface area contributed by atoms with Gasteiger partial charge in [0.05, 0.1) is 19.3 Å². The van der Waals surface area contributed by atoms with E-state index < -0.39 is 0 Å². The lowest BCUT2D eigenvalue weighted by Crippen LogP contribution is -2.53. The first kappa shape index (κ1) is 19.7. The molecule has 8 nitrogen and oxygen atoms in total. The van der Waals surface area contributed by atoms with Gasteiger partial charge in [-0.15, -0.1) is 0 Å². The number of nitrogens with one attached hydrogen (secondary N) is 1. The van der Waals surface area contributed by atoms with E-state index in [0.717, 1.165) is 17.7 Å². The van der Waals surface area contributed by atoms with Crippen LogP contribution in [0.25, 0.3) is 0 Å². The summed E-state index contributed by atoms with van der Waals surface area (Å²) in [5, 5.41) is 7.15. The van der Waals surface area contributed by atoms with Crippen LogP contribution in [0.1, 0.15) is 31.9 Å². The Morgan fingerprint density at radius 2 is 2.14 bits per heavy atom. The van der Waals surface area contributed by atoms with Crippen LogP contribution in [-0.2, 0) is 11.3 Å². The van der Waals surface area contributed by atoms with E-state index in [1.54, 1.807) is 33.9 Å². The van der Waals surface area contributed by atoms with E-state index in [1.807, 2.05) is 31.2 Å². The molecule has 1 saturated heterocycles. The Morgan fingerprint density at radius 3 is 2.86 bits per heavy atom. The van der Waals surface area contributed by atoms with Crippen LogP contribution in [0.5, 0.6) is 5.75 Å². The smallest absolute Gasteiger partial charge is 0.323 e. The van der Waals surface area contributed by atoms with Gasteiger partial charge in [-0.2, -0.15) is 5.10 Å². The lowest BCUT2D eigenvalue weighted by Gasteiger charge is -2.34. The zero-order chi connectivity index (χ0) is 20.1. The second-order valence-corrected chi connectivity index (χ2v) is 6.94. The Hall–Kier alpha value is -3.03.